The molecule has 2 fully saturated rings. The zero-order valence-corrected chi connectivity index (χ0v) is 26.7. The molecule has 11 heteroatoms. The lowest BCUT2D eigenvalue weighted by molar-refractivity contribution is -0.157. The molecule has 1 unspecified atom stereocenters. The van der Waals surface area contributed by atoms with E-state index in [1.165, 1.54) is 12.1 Å². The van der Waals surface area contributed by atoms with E-state index >= 15 is 0 Å². The highest BCUT2D eigenvalue weighted by Crippen LogP contribution is 2.33. The standard InChI is InChI=1S/C36H41N5O6/c1-3-17-39(36(46)37-20-24-11-14-28(47-2)15-12-24)40-23-34(44)41-30(18-25-13-16-31(42)32(43)19-25)35(45)38(22-33(40)41)21-27-9-6-8-26-7-4-5-10-29(26)27/h4-14,16,19,28,30,33,42-43H,3,15,17-18,20-23H2,1-2H3,(H,37,46)/t28?,30-,33+/m0/s1. The minimum absolute atomic E-state index is 0.0250. The third-order valence-electron chi connectivity index (χ3n) is 9.14. The highest BCUT2D eigenvalue weighted by Gasteiger charge is 2.52. The van der Waals surface area contributed by atoms with Crippen molar-refractivity contribution < 1.29 is 29.3 Å². The number of urea groups is 1. The molecule has 2 saturated heterocycles. The number of methoxy groups -OCH3 is 1. The number of nitrogens with one attached hydrogen (secondary N) is 1. The van der Waals surface area contributed by atoms with E-state index in [9.17, 15) is 24.6 Å². The lowest BCUT2D eigenvalue weighted by Gasteiger charge is -2.46. The number of fused-ring (bicyclic) bond motifs is 2. The monoisotopic (exact) mass is 639 g/mol. The van der Waals surface area contributed by atoms with Crippen LogP contribution in [0.2, 0.25) is 0 Å². The molecule has 0 radical (unpaired) electrons. The average molecular weight is 640 g/mol. The fraction of sp³-hybridized carbons (Fsp3) is 0.361. The minimum atomic E-state index is -0.872. The van der Waals surface area contributed by atoms with Crippen LogP contribution in [0.15, 0.2) is 84.5 Å². The van der Waals surface area contributed by atoms with Gasteiger partial charge < -0.3 is 30.1 Å². The molecule has 3 aromatic carbocycles. The summed E-state index contributed by atoms with van der Waals surface area (Å²) < 4.78 is 5.37. The second-order valence-electron chi connectivity index (χ2n) is 12.2. The molecule has 3 N–H and O–H groups in total. The van der Waals surface area contributed by atoms with Gasteiger partial charge in [0.05, 0.1) is 19.2 Å². The van der Waals surface area contributed by atoms with Gasteiger partial charge in [0.1, 0.15) is 12.2 Å². The summed E-state index contributed by atoms with van der Waals surface area (Å²) in [5.74, 6) is -1.02. The third-order valence-corrected chi connectivity index (χ3v) is 9.14. The first-order chi connectivity index (χ1) is 22.8. The Morgan fingerprint density at radius 2 is 1.87 bits per heavy atom. The number of carbonyl (C=O) groups is 3. The minimum Gasteiger partial charge on any atom is -0.504 e. The first kappa shape index (κ1) is 32.1. The van der Waals surface area contributed by atoms with Gasteiger partial charge in [0.15, 0.2) is 11.5 Å². The molecule has 6 rings (SSSR count). The number of benzene rings is 3. The number of aromatic hydroxyl groups is 2. The van der Waals surface area contributed by atoms with Crippen molar-refractivity contribution in [2.45, 2.75) is 51.0 Å². The van der Waals surface area contributed by atoms with Crippen LogP contribution in [0.1, 0.15) is 30.9 Å². The number of rotatable bonds is 10. The predicted octanol–water partition coefficient (Wildman–Crippen LogP) is 3.91. The van der Waals surface area contributed by atoms with E-state index < -0.39 is 12.2 Å². The number of phenols is 2. The van der Waals surface area contributed by atoms with Crippen LogP contribution in [0, 0.1) is 0 Å². The Bertz CT molecular complexity index is 1720. The van der Waals surface area contributed by atoms with Crippen molar-refractivity contribution in [1.29, 1.82) is 0 Å². The second-order valence-corrected chi connectivity index (χ2v) is 12.2. The van der Waals surface area contributed by atoms with Crippen molar-refractivity contribution in [1.82, 2.24) is 25.1 Å². The Kier molecular flexibility index (Phi) is 9.46. The van der Waals surface area contributed by atoms with Gasteiger partial charge in [-0.25, -0.2) is 4.79 Å². The van der Waals surface area contributed by atoms with Crippen molar-refractivity contribution in [3.63, 3.8) is 0 Å². The Balaban J connectivity index is 1.29. The van der Waals surface area contributed by atoms with Crippen molar-refractivity contribution in [3.8, 4) is 11.5 Å². The highest BCUT2D eigenvalue weighted by molar-refractivity contribution is 5.92. The van der Waals surface area contributed by atoms with Crippen LogP contribution in [0.3, 0.4) is 0 Å². The van der Waals surface area contributed by atoms with Crippen molar-refractivity contribution in [3.05, 3.63) is 95.6 Å². The molecule has 3 atom stereocenters. The van der Waals surface area contributed by atoms with Crippen LogP contribution in [-0.4, -0.2) is 99.5 Å². The van der Waals surface area contributed by atoms with Gasteiger partial charge in [-0.2, -0.15) is 5.01 Å². The zero-order chi connectivity index (χ0) is 33.1. The van der Waals surface area contributed by atoms with E-state index in [0.29, 0.717) is 31.6 Å². The summed E-state index contributed by atoms with van der Waals surface area (Å²) in [6, 6.07) is 17.3. The normalized spacial score (nSPS) is 21.2. The number of hydrazine groups is 1. The van der Waals surface area contributed by atoms with Crippen molar-refractivity contribution >= 4 is 28.6 Å². The van der Waals surface area contributed by atoms with E-state index in [-0.39, 0.29) is 55.0 Å². The van der Waals surface area contributed by atoms with Gasteiger partial charge in [0, 0.05) is 33.2 Å². The molecule has 0 bridgehead atoms. The Morgan fingerprint density at radius 1 is 1.06 bits per heavy atom. The molecule has 4 amide bonds. The van der Waals surface area contributed by atoms with Crippen LogP contribution in [0.25, 0.3) is 10.8 Å². The summed E-state index contributed by atoms with van der Waals surface area (Å²) in [5.41, 5.74) is 2.56. The van der Waals surface area contributed by atoms with E-state index in [1.807, 2.05) is 67.6 Å². The summed E-state index contributed by atoms with van der Waals surface area (Å²) in [6.07, 6.45) is 6.94. The van der Waals surface area contributed by atoms with Gasteiger partial charge in [-0.3, -0.25) is 14.6 Å². The van der Waals surface area contributed by atoms with Crippen molar-refractivity contribution in [2.75, 3.05) is 33.3 Å². The number of amides is 4. The second kappa shape index (κ2) is 13.9. The Morgan fingerprint density at radius 3 is 2.62 bits per heavy atom. The topological polar surface area (TPSA) is 126 Å². The van der Waals surface area contributed by atoms with Crippen LogP contribution in [0.4, 0.5) is 4.79 Å². The van der Waals surface area contributed by atoms with Crippen LogP contribution in [0.5, 0.6) is 11.5 Å². The molecule has 47 heavy (non-hydrogen) atoms. The Labute approximate surface area is 274 Å². The number of hydrogen-bond donors (Lipinski definition) is 3. The number of nitrogens with zero attached hydrogens (tertiary/aromatic N) is 4. The summed E-state index contributed by atoms with van der Waals surface area (Å²) in [6.45, 7) is 3.18. The van der Waals surface area contributed by atoms with Gasteiger partial charge in [0.2, 0.25) is 11.8 Å². The fourth-order valence-corrected chi connectivity index (χ4v) is 6.72. The quantitative estimate of drug-likeness (QED) is 0.287. The van der Waals surface area contributed by atoms with E-state index in [4.69, 9.17) is 4.74 Å². The first-order valence-corrected chi connectivity index (χ1v) is 16.1. The third kappa shape index (κ3) is 6.68. The number of ether oxygens (including phenoxy) is 1. The lowest BCUT2D eigenvalue weighted by Crippen LogP contribution is -2.66. The van der Waals surface area contributed by atoms with Gasteiger partial charge in [-0.15, -0.1) is 0 Å². The average Bonchev–Trinajstić information content (AvgIpc) is 3.41. The molecule has 3 aromatic rings. The molecule has 2 heterocycles. The number of phenolic OH excluding ortho intramolecular Hbond substituents is 2. The fourth-order valence-electron chi connectivity index (χ4n) is 6.72. The maximum absolute atomic E-state index is 14.3. The number of hydrogen-bond acceptors (Lipinski definition) is 7. The van der Waals surface area contributed by atoms with Gasteiger partial charge in [-0.1, -0.05) is 73.7 Å². The smallest absolute Gasteiger partial charge is 0.332 e. The number of piperazine rings is 1. The van der Waals surface area contributed by atoms with Crippen LogP contribution in [-0.2, 0) is 27.3 Å². The SMILES string of the molecule is CCCN(C(=O)NCC1=CCC(OC)C=C1)N1CC(=O)N2[C@@H](Cc3ccc(O)c(O)c3)C(=O)N(Cc3cccc4ccccc34)C[C@@H]21. The molecule has 11 nitrogen and oxygen atoms in total. The zero-order valence-electron chi connectivity index (χ0n) is 26.7. The molecule has 0 aromatic heterocycles. The summed E-state index contributed by atoms with van der Waals surface area (Å²) in [7, 11) is 1.67. The van der Waals surface area contributed by atoms with Crippen LogP contribution < -0.4 is 5.32 Å². The molecule has 1 aliphatic carbocycles. The molecular weight excluding hydrogens is 598 g/mol. The summed E-state index contributed by atoms with van der Waals surface area (Å²) in [5, 5.41) is 28.6. The number of carbonyl (C=O) groups excluding carboxylic acids is 3. The molecule has 2 aliphatic heterocycles. The highest BCUT2D eigenvalue weighted by atomic mass is 16.5. The van der Waals surface area contributed by atoms with Crippen LogP contribution >= 0.6 is 0 Å². The van der Waals surface area contributed by atoms with E-state index in [0.717, 1.165) is 28.3 Å². The van der Waals surface area contributed by atoms with Gasteiger partial charge in [0.25, 0.3) is 0 Å². The van der Waals surface area contributed by atoms with Crippen molar-refractivity contribution in [2.24, 2.45) is 0 Å². The molecule has 3 aliphatic rings. The summed E-state index contributed by atoms with van der Waals surface area (Å²) >= 11 is 0. The van der Waals surface area contributed by atoms with Gasteiger partial charge >= 0.3 is 6.03 Å². The molecule has 0 saturated carbocycles. The lowest BCUT2D eigenvalue weighted by atomic mass is 9.98. The molecule has 0 spiro atoms. The largest absolute Gasteiger partial charge is 0.504 e. The summed E-state index contributed by atoms with van der Waals surface area (Å²) in [4.78, 5) is 45.1. The molecule has 246 valence electrons. The van der Waals surface area contributed by atoms with E-state index in [2.05, 4.69) is 5.32 Å². The van der Waals surface area contributed by atoms with E-state index in [1.54, 1.807) is 33.0 Å². The first-order valence-electron chi connectivity index (χ1n) is 16.1. The predicted molar refractivity (Wildman–Crippen MR) is 177 cm³/mol. The van der Waals surface area contributed by atoms with Gasteiger partial charge in [-0.05, 0) is 52.4 Å². The maximum atomic E-state index is 14.3. The Hall–Kier alpha value is -4.87. The molecular formula is C36H41N5O6. The maximum Gasteiger partial charge on any atom is 0.332 e.